The van der Waals surface area contributed by atoms with Crippen LogP contribution in [0.15, 0.2) is 29.1 Å². The molecular weight excluding hydrogens is 242 g/mol. The predicted molar refractivity (Wildman–Crippen MR) is 76.2 cm³/mol. The number of nitrogens with zero attached hydrogens (tertiary/aromatic N) is 1. The number of benzene rings is 1. The maximum atomic E-state index is 12.4. The second kappa shape index (κ2) is 5.14. The van der Waals surface area contributed by atoms with E-state index in [-0.39, 0.29) is 16.8 Å². The van der Waals surface area contributed by atoms with Gasteiger partial charge in [-0.25, -0.2) is 0 Å². The summed E-state index contributed by atoms with van der Waals surface area (Å²) < 4.78 is 1.66. The van der Waals surface area contributed by atoms with Crippen molar-refractivity contribution in [1.82, 2.24) is 9.88 Å². The number of fused-ring (bicyclic) bond motifs is 1. The number of carbonyl (C=O) groups is 1. The molecule has 0 radical (unpaired) electrons. The van der Waals surface area contributed by atoms with Crippen molar-refractivity contribution in [2.45, 2.75) is 13.3 Å². The summed E-state index contributed by atoms with van der Waals surface area (Å²) in [6.45, 7) is 2.47. The standard InChI is InChI=1S/C14H17N3O2/c1-3-8-16-14(19)11-12(18)9-6-4-5-7-10(9)17(2)13(11)15/h4-7H,3,8,15H2,1-2H3,(H,16,19). The molecule has 1 aromatic heterocycles. The molecule has 0 saturated carbocycles. The van der Waals surface area contributed by atoms with Crippen LogP contribution < -0.4 is 16.5 Å². The molecule has 1 aromatic carbocycles. The van der Waals surface area contributed by atoms with Gasteiger partial charge in [0, 0.05) is 19.0 Å². The largest absolute Gasteiger partial charge is 0.384 e. The quantitative estimate of drug-likeness (QED) is 0.871. The van der Waals surface area contributed by atoms with Gasteiger partial charge in [0.05, 0.1) is 5.52 Å². The monoisotopic (exact) mass is 259 g/mol. The van der Waals surface area contributed by atoms with E-state index < -0.39 is 5.91 Å². The number of aryl methyl sites for hydroxylation is 1. The molecule has 0 aliphatic carbocycles. The van der Waals surface area contributed by atoms with Gasteiger partial charge in [-0.05, 0) is 18.6 Å². The molecule has 19 heavy (non-hydrogen) atoms. The number of aromatic nitrogens is 1. The minimum Gasteiger partial charge on any atom is -0.384 e. The van der Waals surface area contributed by atoms with Gasteiger partial charge in [0.25, 0.3) is 5.91 Å². The van der Waals surface area contributed by atoms with Crippen molar-refractivity contribution in [2.75, 3.05) is 12.3 Å². The van der Waals surface area contributed by atoms with Crippen LogP contribution in [0, 0.1) is 0 Å². The first-order valence-corrected chi connectivity index (χ1v) is 6.23. The molecule has 1 heterocycles. The van der Waals surface area contributed by atoms with Crippen LogP contribution in [0.25, 0.3) is 10.9 Å². The zero-order valence-electron chi connectivity index (χ0n) is 11.1. The number of nitrogens with one attached hydrogen (secondary N) is 1. The Labute approximate surface area is 111 Å². The van der Waals surface area contributed by atoms with Crippen LogP contribution >= 0.6 is 0 Å². The number of anilines is 1. The number of amides is 1. The fraction of sp³-hybridized carbons (Fsp3) is 0.286. The second-order valence-corrected chi connectivity index (χ2v) is 4.42. The van der Waals surface area contributed by atoms with Gasteiger partial charge < -0.3 is 15.6 Å². The molecule has 100 valence electrons. The maximum absolute atomic E-state index is 12.4. The lowest BCUT2D eigenvalue weighted by Crippen LogP contribution is -2.32. The van der Waals surface area contributed by atoms with Gasteiger partial charge in [-0.1, -0.05) is 19.1 Å². The Kier molecular flexibility index (Phi) is 3.55. The third-order valence-electron chi connectivity index (χ3n) is 3.12. The van der Waals surface area contributed by atoms with Crippen molar-refractivity contribution in [3.8, 4) is 0 Å². The van der Waals surface area contributed by atoms with Crippen molar-refractivity contribution in [1.29, 1.82) is 0 Å². The van der Waals surface area contributed by atoms with E-state index in [9.17, 15) is 9.59 Å². The van der Waals surface area contributed by atoms with Crippen molar-refractivity contribution < 1.29 is 4.79 Å². The Morgan fingerprint density at radius 3 is 2.74 bits per heavy atom. The molecule has 0 bridgehead atoms. The van der Waals surface area contributed by atoms with Gasteiger partial charge >= 0.3 is 0 Å². The first-order chi connectivity index (χ1) is 9.07. The fourth-order valence-electron chi connectivity index (χ4n) is 2.05. The molecule has 5 nitrogen and oxygen atoms in total. The van der Waals surface area contributed by atoms with Crippen molar-refractivity contribution in [2.24, 2.45) is 7.05 Å². The average Bonchev–Trinajstić information content (AvgIpc) is 2.43. The third kappa shape index (κ3) is 2.19. The van der Waals surface area contributed by atoms with E-state index in [1.54, 1.807) is 29.8 Å². The molecule has 1 amide bonds. The summed E-state index contributed by atoms with van der Waals surface area (Å²) in [6.07, 6.45) is 0.805. The second-order valence-electron chi connectivity index (χ2n) is 4.42. The van der Waals surface area contributed by atoms with E-state index >= 15 is 0 Å². The summed E-state index contributed by atoms with van der Waals surface area (Å²) in [5.41, 5.74) is 6.35. The van der Waals surface area contributed by atoms with Gasteiger partial charge in [-0.15, -0.1) is 0 Å². The molecule has 0 aliphatic rings. The maximum Gasteiger partial charge on any atom is 0.258 e. The van der Waals surface area contributed by atoms with E-state index in [0.29, 0.717) is 11.9 Å². The molecule has 0 fully saturated rings. The lowest BCUT2D eigenvalue weighted by molar-refractivity contribution is 0.0953. The third-order valence-corrected chi connectivity index (χ3v) is 3.12. The summed E-state index contributed by atoms with van der Waals surface area (Å²) in [6, 6.07) is 7.11. The number of para-hydroxylation sites is 1. The summed E-state index contributed by atoms with van der Waals surface area (Å²) in [4.78, 5) is 24.4. The molecule has 5 heteroatoms. The summed E-state index contributed by atoms with van der Waals surface area (Å²) in [5, 5.41) is 3.19. The van der Waals surface area contributed by atoms with E-state index in [1.165, 1.54) is 0 Å². The predicted octanol–water partition coefficient (Wildman–Crippen LogP) is 1.26. The molecule has 2 aromatic rings. The minimum atomic E-state index is -0.411. The van der Waals surface area contributed by atoms with Gasteiger partial charge in [-0.2, -0.15) is 0 Å². The van der Waals surface area contributed by atoms with Crippen molar-refractivity contribution in [3.05, 3.63) is 40.1 Å². The smallest absolute Gasteiger partial charge is 0.258 e. The van der Waals surface area contributed by atoms with Gasteiger partial charge in [0.2, 0.25) is 5.43 Å². The SMILES string of the molecule is CCCNC(=O)c1c(N)n(C)c2ccccc2c1=O. The Bertz CT molecular complexity index is 689. The van der Waals surface area contributed by atoms with E-state index in [4.69, 9.17) is 5.73 Å². The molecule has 2 rings (SSSR count). The molecule has 0 spiro atoms. The number of hydrogen-bond donors (Lipinski definition) is 2. The highest BCUT2D eigenvalue weighted by molar-refractivity contribution is 6.01. The van der Waals surface area contributed by atoms with E-state index in [1.807, 2.05) is 13.0 Å². The summed E-state index contributed by atoms with van der Waals surface area (Å²) >= 11 is 0. The minimum absolute atomic E-state index is 0.0228. The van der Waals surface area contributed by atoms with Crippen LogP contribution in [0.5, 0.6) is 0 Å². The normalized spacial score (nSPS) is 10.6. The summed E-state index contributed by atoms with van der Waals surface area (Å²) in [5.74, 6) is -0.219. The highest BCUT2D eigenvalue weighted by Crippen LogP contribution is 2.16. The lowest BCUT2D eigenvalue weighted by atomic mass is 10.1. The average molecular weight is 259 g/mol. The van der Waals surface area contributed by atoms with Crippen LogP contribution in [-0.2, 0) is 7.05 Å². The Morgan fingerprint density at radius 1 is 1.37 bits per heavy atom. The number of nitrogen functional groups attached to an aromatic ring is 1. The van der Waals surface area contributed by atoms with Gasteiger partial charge in [-0.3, -0.25) is 9.59 Å². The molecular formula is C14H17N3O2. The zero-order valence-corrected chi connectivity index (χ0v) is 11.1. The molecule has 3 N–H and O–H groups in total. The van der Waals surface area contributed by atoms with Crippen LogP contribution in [0.4, 0.5) is 5.82 Å². The number of hydrogen-bond acceptors (Lipinski definition) is 3. The molecule has 0 saturated heterocycles. The number of rotatable bonds is 3. The molecule has 0 unspecified atom stereocenters. The number of carbonyl (C=O) groups excluding carboxylic acids is 1. The number of pyridine rings is 1. The van der Waals surface area contributed by atoms with Crippen LogP contribution in [0.1, 0.15) is 23.7 Å². The van der Waals surface area contributed by atoms with Crippen LogP contribution in [0.2, 0.25) is 0 Å². The van der Waals surface area contributed by atoms with Gasteiger partial charge in [0.1, 0.15) is 11.4 Å². The van der Waals surface area contributed by atoms with E-state index in [0.717, 1.165) is 11.9 Å². The Balaban J connectivity index is 2.68. The lowest BCUT2D eigenvalue weighted by Gasteiger charge is -2.13. The molecule has 0 aliphatic heterocycles. The van der Waals surface area contributed by atoms with Crippen molar-refractivity contribution in [3.63, 3.8) is 0 Å². The fourth-order valence-corrected chi connectivity index (χ4v) is 2.05. The van der Waals surface area contributed by atoms with E-state index in [2.05, 4.69) is 5.32 Å². The highest BCUT2D eigenvalue weighted by Gasteiger charge is 2.18. The Hall–Kier alpha value is -2.30. The van der Waals surface area contributed by atoms with Crippen LogP contribution in [-0.4, -0.2) is 17.0 Å². The zero-order chi connectivity index (χ0) is 14.0. The van der Waals surface area contributed by atoms with Crippen molar-refractivity contribution >= 4 is 22.6 Å². The number of nitrogens with two attached hydrogens (primary N) is 1. The first kappa shape index (κ1) is 13.1. The van der Waals surface area contributed by atoms with Crippen LogP contribution in [0.3, 0.4) is 0 Å². The Morgan fingerprint density at radius 2 is 2.05 bits per heavy atom. The first-order valence-electron chi connectivity index (χ1n) is 6.23. The topological polar surface area (TPSA) is 77.1 Å². The van der Waals surface area contributed by atoms with Gasteiger partial charge in [0.15, 0.2) is 0 Å². The highest BCUT2D eigenvalue weighted by atomic mass is 16.2. The summed E-state index contributed by atoms with van der Waals surface area (Å²) in [7, 11) is 1.74. The molecule has 0 atom stereocenters.